The van der Waals surface area contributed by atoms with Crippen molar-refractivity contribution in [3.05, 3.63) is 58.7 Å². The van der Waals surface area contributed by atoms with Gasteiger partial charge in [-0.3, -0.25) is 9.59 Å². The maximum atomic E-state index is 12.2. The smallest absolute Gasteiger partial charge is 0.338 e. The highest BCUT2D eigenvalue weighted by molar-refractivity contribution is 6.08. The number of esters is 1. The van der Waals surface area contributed by atoms with Crippen molar-refractivity contribution in [1.29, 1.82) is 0 Å². The molecule has 0 unspecified atom stereocenters. The molecule has 142 valence electrons. The van der Waals surface area contributed by atoms with Crippen LogP contribution in [0.15, 0.2) is 36.4 Å². The fourth-order valence-electron chi connectivity index (χ4n) is 2.82. The van der Waals surface area contributed by atoms with E-state index in [2.05, 4.69) is 10.6 Å². The molecule has 0 saturated carbocycles. The van der Waals surface area contributed by atoms with Gasteiger partial charge in [-0.25, -0.2) is 4.79 Å². The molecular formula is C21H24N2O4. The molecule has 2 aromatic rings. The summed E-state index contributed by atoms with van der Waals surface area (Å²) in [5.74, 6) is -1.23. The van der Waals surface area contributed by atoms with Crippen LogP contribution in [0.2, 0.25) is 0 Å². The monoisotopic (exact) mass is 368 g/mol. The first-order valence-corrected chi connectivity index (χ1v) is 8.75. The lowest BCUT2D eigenvalue weighted by Gasteiger charge is -2.13. The van der Waals surface area contributed by atoms with Gasteiger partial charge in [0, 0.05) is 11.4 Å². The van der Waals surface area contributed by atoms with Crippen molar-refractivity contribution in [2.75, 3.05) is 17.2 Å². The van der Waals surface area contributed by atoms with Gasteiger partial charge in [-0.05, 0) is 63.1 Å². The van der Waals surface area contributed by atoms with Crippen LogP contribution in [-0.2, 0) is 14.3 Å². The molecule has 0 fully saturated rings. The number of rotatable bonds is 6. The van der Waals surface area contributed by atoms with E-state index in [9.17, 15) is 14.4 Å². The van der Waals surface area contributed by atoms with Gasteiger partial charge in [-0.2, -0.15) is 0 Å². The average Bonchev–Trinajstić information content (AvgIpc) is 2.58. The Hall–Kier alpha value is -3.15. The highest BCUT2D eigenvalue weighted by Crippen LogP contribution is 2.22. The summed E-state index contributed by atoms with van der Waals surface area (Å²) in [7, 11) is 0. The Morgan fingerprint density at radius 3 is 2.00 bits per heavy atom. The number of amides is 2. The molecule has 2 N–H and O–H groups in total. The second-order valence-corrected chi connectivity index (χ2v) is 6.34. The fraction of sp³-hybridized carbons (Fsp3) is 0.286. The maximum Gasteiger partial charge on any atom is 0.338 e. The summed E-state index contributed by atoms with van der Waals surface area (Å²) in [6, 6.07) is 10.3. The molecule has 0 heterocycles. The number of aryl methyl sites for hydroxylation is 3. The molecule has 2 amide bonds. The third-order valence-electron chi connectivity index (χ3n) is 3.94. The van der Waals surface area contributed by atoms with Crippen molar-refractivity contribution in [2.45, 2.75) is 34.1 Å². The molecule has 0 aliphatic heterocycles. The predicted octanol–water partition coefficient (Wildman–Crippen LogP) is 3.76. The summed E-state index contributed by atoms with van der Waals surface area (Å²) in [5, 5.41) is 5.44. The highest BCUT2D eigenvalue weighted by Gasteiger charge is 2.13. The van der Waals surface area contributed by atoms with Crippen LogP contribution < -0.4 is 10.6 Å². The lowest BCUT2D eigenvalue weighted by Crippen LogP contribution is -2.22. The number of hydrogen-bond donors (Lipinski definition) is 2. The number of ether oxygens (including phenoxy) is 1. The van der Waals surface area contributed by atoms with Crippen LogP contribution in [0, 0.1) is 20.8 Å². The van der Waals surface area contributed by atoms with Crippen LogP contribution in [0.3, 0.4) is 0 Å². The molecule has 0 bridgehead atoms. The van der Waals surface area contributed by atoms with E-state index in [1.165, 1.54) is 0 Å². The Morgan fingerprint density at radius 1 is 0.889 bits per heavy atom. The summed E-state index contributed by atoms with van der Waals surface area (Å²) in [6.07, 6.45) is -0.299. The summed E-state index contributed by atoms with van der Waals surface area (Å²) in [6.45, 7) is 7.86. The van der Waals surface area contributed by atoms with Crippen molar-refractivity contribution < 1.29 is 19.1 Å². The zero-order valence-corrected chi connectivity index (χ0v) is 16.0. The van der Waals surface area contributed by atoms with Gasteiger partial charge < -0.3 is 15.4 Å². The molecule has 0 spiro atoms. The summed E-state index contributed by atoms with van der Waals surface area (Å²) in [4.78, 5) is 35.9. The molecular weight excluding hydrogens is 344 g/mol. The molecule has 0 atom stereocenters. The number of nitrogens with one attached hydrogen (secondary N) is 2. The molecule has 27 heavy (non-hydrogen) atoms. The van der Waals surface area contributed by atoms with Crippen LogP contribution in [-0.4, -0.2) is 24.4 Å². The van der Waals surface area contributed by atoms with Crippen LogP contribution in [0.5, 0.6) is 0 Å². The normalized spacial score (nSPS) is 10.2. The molecule has 2 aromatic carbocycles. The third-order valence-corrected chi connectivity index (χ3v) is 3.94. The van der Waals surface area contributed by atoms with Crippen LogP contribution in [0.4, 0.5) is 11.4 Å². The van der Waals surface area contributed by atoms with E-state index in [1.807, 2.05) is 32.9 Å². The number of carbonyl (C=O) groups excluding carboxylic acids is 3. The largest absolute Gasteiger partial charge is 0.462 e. The zero-order valence-electron chi connectivity index (χ0n) is 16.0. The number of anilines is 2. The first-order chi connectivity index (χ1) is 12.8. The second kappa shape index (κ2) is 8.98. The van der Waals surface area contributed by atoms with E-state index in [1.54, 1.807) is 31.2 Å². The zero-order chi connectivity index (χ0) is 20.0. The van der Waals surface area contributed by atoms with Crippen LogP contribution >= 0.6 is 0 Å². The van der Waals surface area contributed by atoms with E-state index >= 15 is 0 Å². The first-order valence-electron chi connectivity index (χ1n) is 8.75. The summed E-state index contributed by atoms with van der Waals surface area (Å²) in [5.41, 5.74) is 4.66. The molecule has 0 aliphatic rings. The second-order valence-electron chi connectivity index (χ2n) is 6.34. The molecule has 0 radical (unpaired) electrons. The molecule has 0 aromatic heterocycles. The van der Waals surface area contributed by atoms with Crippen molar-refractivity contribution in [3.63, 3.8) is 0 Å². The van der Waals surface area contributed by atoms with Crippen molar-refractivity contribution >= 4 is 29.2 Å². The minimum atomic E-state index is -0.432. The van der Waals surface area contributed by atoms with E-state index in [0.29, 0.717) is 17.9 Å². The Morgan fingerprint density at radius 2 is 1.44 bits per heavy atom. The van der Waals surface area contributed by atoms with Crippen molar-refractivity contribution in [1.82, 2.24) is 0 Å². The van der Waals surface area contributed by atoms with Crippen molar-refractivity contribution in [2.24, 2.45) is 0 Å². The predicted molar refractivity (Wildman–Crippen MR) is 105 cm³/mol. The van der Waals surface area contributed by atoms with Gasteiger partial charge in [-0.15, -0.1) is 0 Å². The van der Waals surface area contributed by atoms with Crippen LogP contribution in [0.1, 0.15) is 40.4 Å². The van der Waals surface area contributed by atoms with Gasteiger partial charge in [0.05, 0.1) is 12.2 Å². The topological polar surface area (TPSA) is 84.5 Å². The Kier molecular flexibility index (Phi) is 6.71. The van der Waals surface area contributed by atoms with E-state index < -0.39 is 11.9 Å². The van der Waals surface area contributed by atoms with Gasteiger partial charge in [0.2, 0.25) is 11.8 Å². The van der Waals surface area contributed by atoms with Gasteiger partial charge in [-0.1, -0.05) is 17.7 Å². The first kappa shape index (κ1) is 20.2. The third kappa shape index (κ3) is 5.67. The fourth-order valence-corrected chi connectivity index (χ4v) is 2.82. The molecule has 6 nitrogen and oxygen atoms in total. The average molecular weight is 368 g/mol. The minimum absolute atomic E-state index is 0.298. The lowest BCUT2D eigenvalue weighted by molar-refractivity contribution is -0.123. The minimum Gasteiger partial charge on any atom is -0.462 e. The number of benzene rings is 2. The van der Waals surface area contributed by atoms with Gasteiger partial charge >= 0.3 is 5.97 Å². The number of hydrogen-bond acceptors (Lipinski definition) is 4. The Balaban J connectivity index is 1.94. The van der Waals surface area contributed by atoms with Crippen LogP contribution in [0.25, 0.3) is 0 Å². The van der Waals surface area contributed by atoms with Gasteiger partial charge in [0.1, 0.15) is 6.42 Å². The van der Waals surface area contributed by atoms with E-state index in [4.69, 9.17) is 4.74 Å². The molecule has 0 saturated heterocycles. The quantitative estimate of drug-likeness (QED) is 0.601. The summed E-state index contributed by atoms with van der Waals surface area (Å²) >= 11 is 0. The van der Waals surface area contributed by atoms with E-state index in [0.717, 1.165) is 22.4 Å². The maximum absolute atomic E-state index is 12.2. The Labute approximate surface area is 158 Å². The lowest BCUT2D eigenvalue weighted by atomic mass is 10.0. The Bertz CT molecular complexity index is 834. The van der Waals surface area contributed by atoms with Gasteiger partial charge in [0.15, 0.2) is 0 Å². The summed E-state index contributed by atoms with van der Waals surface area (Å²) < 4.78 is 4.91. The molecule has 2 rings (SSSR count). The standard InChI is InChI=1S/C21H24N2O4/c1-5-27-21(26)16-6-8-17(9-7-16)22-18(24)12-19(25)23-20-14(3)10-13(2)11-15(20)4/h6-11H,5,12H2,1-4H3,(H,22,24)(H,23,25). The van der Waals surface area contributed by atoms with E-state index in [-0.39, 0.29) is 12.3 Å². The highest BCUT2D eigenvalue weighted by atomic mass is 16.5. The number of carbonyl (C=O) groups is 3. The molecule has 0 aliphatic carbocycles. The molecule has 6 heteroatoms. The van der Waals surface area contributed by atoms with Gasteiger partial charge in [0.25, 0.3) is 0 Å². The SMILES string of the molecule is CCOC(=O)c1ccc(NC(=O)CC(=O)Nc2c(C)cc(C)cc2C)cc1. The van der Waals surface area contributed by atoms with Crippen molar-refractivity contribution in [3.8, 4) is 0 Å².